The van der Waals surface area contributed by atoms with Gasteiger partial charge < -0.3 is 14.8 Å². The molecule has 1 aliphatic rings. The van der Waals surface area contributed by atoms with Crippen LogP contribution in [0.4, 0.5) is 5.69 Å². The first-order valence-electron chi connectivity index (χ1n) is 7.39. The number of nitrogens with zero attached hydrogens (tertiary/aromatic N) is 3. The number of nitrogens with one attached hydrogen (secondary N) is 1. The molecule has 0 radical (unpaired) electrons. The van der Waals surface area contributed by atoms with Crippen LogP contribution in [0.15, 0.2) is 48.7 Å². The normalized spacial score (nSPS) is 12.2. The van der Waals surface area contributed by atoms with E-state index in [1.165, 1.54) is 0 Å². The highest BCUT2D eigenvalue weighted by atomic mass is 16.7. The van der Waals surface area contributed by atoms with Crippen molar-refractivity contribution < 1.29 is 14.3 Å². The maximum Gasteiger partial charge on any atom is 0.277 e. The van der Waals surface area contributed by atoms with Gasteiger partial charge in [-0.1, -0.05) is 22.9 Å². The van der Waals surface area contributed by atoms with Gasteiger partial charge in [-0.3, -0.25) is 4.79 Å². The van der Waals surface area contributed by atoms with Crippen LogP contribution in [0.25, 0.3) is 5.69 Å². The Morgan fingerprint density at radius 3 is 2.75 bits per heavy atom. The lowest BCUT2D eigenvalue weighted by atomic mass is 10.2. The summed E-state index contributed by atoms with van der Waals surface area (Å²) < 4.78 is 12.1. The van der Waals surface area contributed by atoms with E-state index in [-0.39, 0.29) is 18.4 Å². The van der Waals surface area contributed by atoms with Crippen molar-refractivity contribution in [2.75, 3.05) is 12.1 Å². The van der Waals surface area contributed by atoms with Crippen molar-refractivity contribution in [2.45, 2.75) is 6.92 Å². The lowest BCUT2D eigenvalue weighted by molar-refractivity contribution is 0.102. The quantitative estimate of drug-likeness (QED) is 0.802. The molecule has 7 heteroatoms. The van der Waals surface area contributed by atoms with Gasteiger partial charge in [0.05, 0.1) is 11.9 Å². The van der Waals surface area contributed by atoms with Gasteiger partial charge in [-0.2, -0.15) is 0 Å². The molecule has 2 heterocycles. The molecule has 2 aromatic carbocycles. The Morgan fingerprint density at radius 1 is 1.12 bits per heavy atom. The molecule has 0 saturated carbocycles. The number of aromatic nitrogens is 3. The average Bonchev–Trinajstić information content (AvgIpc) is 3.24. The molecule has 0 aliphatic carbocycles. The van der Waals surface area contributed by atoms with Gasteiger partial charge in [0.15, 0.2) is 17.2 Å². The number of aryl methyl sites for hydroxylation is 1. The summed E-state index contributed by atoms with van der Waals surface area (Å²) in [6.07, 6.45) is 1.59. The van der Waals surface area contributed by atoms with E-state index in [9.17, 15) is 4.79 Å². The van der Waals surface area contributed by atoms with Gasteiger partial charge in [0.25, 0.3) is 5.91 Å². The first-order chi connectivity index (χ1) is 11.7. The minimum absolute atomic E-state index is 0.192. The van der Waals surface area contributed by atoms with Crippen LogP contribution in [0.3, 0.4) is 0 Å². The van der Waals surface area contributed by atoms with E-state index in [0.717, 1.165) is 11.3 Å². The summed E-state index contributed by atoms with van der Waals surface area (Å²) >= 11 is 0. The first kappa shape index (κ1) is 14.3. The number of carbonyl (C=O) groups excluding carboxylic acids is 1. The smallest absolute Gasteiger partial charge is 0.277 e. The van der Waals surface area contributed by atoms with Crippen molar-refractivity contribution >= 4 is 11.6 Å². The van der Waals surface area contributed by atoms with E-state index in [0.29, 0.717) is 17.2 Å². The fourth-order valence-corrected chi connectivity index (χ4v) is 2.36. The number of amides is 1. The highest BCUT2D eigenvalue weighted by molar-refractivity contribution is 6.02. The molecule has 1 aliphatic heterocycles. The third kappa shape index (κ3) is 2.67. The molecule has 24 heavy (non-hydrogen) atoms. The second-order valence-electron chi connectivity index (χ2n) is 5.41. The topological polar surface area (TPSA) is 78.3 Å². The van der Waals surface area contributed by atoms with Crippen LogP contribution in [-0.4, -0.2) is 27.7 Å². The molecule has 1 N–H and O–H groups in total. The Hall–Kier alpha value is -3.35. The summed E-state index contributed by atoms with van der Waals surface area (Å²) in [6, 6.07) is 13.0. The minimum Gasteiger partial charge on any atom is -0.454 e. The summed E-state index contributed by atoms with van der Waals surface area (Å²) in [5.41, 5.74) is 2.83. The lowest BCUT2D eigenvalue weighted by Gasteiger charge is -2.04. The zero-order valence-electron chi connectivity index (χ0n) is 12.9. The third-order valence-electron chi connectivity index (χ3n) is 3.65. The highest BCUT2D eigenvalue weighted by Crippen LogP contribution is 2.34. The Bertz CT molecular complexity index is 902. The van der Waals surface area contributed by atoms with Crippen molar-refractivity contribution in [3.63, 3.8) is 0 Å². The van der Waals surface area contributed by atoms with Crippen molar-refractivity contribution in [1.82, 2.24) is 15.0 Å². The number of benzene rings is 2. The molecule has 1 aromatic heterocycles. The molecule has 4 rings (SSSR count). The van der Waals surface area contributed by atoms with Crippen LogP contribution in [0.5, 0.6) is 11.5 Å². The zero-order valence-corrected chi connectivity index (χ0v) is 12.9. The maximum absolute atomic E-state index is 12.3. The van der Waals surface area contributed by atoms with Crippen molar-refractivity contribution in [2.24, 2.45) is 0 Å². The largest absolute Gasteiger partial charge is 0.454 e. The number of hydrogen-bond donors (Lipinski definition) is 1. The van der Waals surface area contributed by atoms with Crippen LogP contribution < -0.4 is 14.8 Å². The van der Waals surface area contributed by atoms with E-state index in [1.807, 2.05) is 31.2 Å². The van der Waals surface area contributed by atoms with Gasteiger partial charge in [0.1, 0.15) is 0 Å². The predicted molar refractivity (Wildman–Crippen MR) is 86.6 cm³/mol. The first-order valence-corrected chi connectivity index (χ1v) is 7.39. The second kappa shape index (κ2) is 5.69. The van der Waals surface area contributed by atoms with E-state index >= 15 is 0 Å². The molecule has 1 amide bonds. The van der Waals surface area contributed by atoms with Gasteiger partial charge in [0, 0.05) is 11.8 Å². The number of rotatable bonds is 3. The van der Waals surface area contributed by atoms with E-state index in [2.05, 4.69) is 15.6 Å². The van der Waals surface area contributed by atoms with Gasteiger partial charge in [-0.05, 0) is 31.2 Å². The van der Waals surface area contributed by atoms with E-state index in [4.69, 9.17) is 9.47 Å². The number of ether oxygens (including phenoxy) is 2. The summed E-state index contributed by atoms with van der Waals surface area (Å²) in [4.78, 5) is 12.3. The highest BCUT2D eigenvalue weighted by Gasteiger charge is 2.16. The number of hydrogen-bond acceptors (Lipinski definition) is 5. The SMILES string of the molecule is Cc1ccc(-n2cc(C(=O)Nc3ccc4c(c3)OCO4)nn2)cc1. The second-order valence-corrected chi connectivity index (χ2v) is 5.41. The van der Waals surface area contributed by atoms with Crippen LogP contribution in [-0.2, 0) is 0 Å². The summed E-state index contributed by atoms with van der Waals surface area (Å²) in [5, 5.41) is 10.7. The van der Waals surface area contributed by atoms with E-state index < -0.39 is 0 Å². The van der Waals surface area contributed by atoms with Crippen molar-refractivity contribution in [3.8, 4) is 17.2 Å². The number of carbonyl (C=O) groups is 1. The van der Waals surface area contributed by atoms with Crippen LogP contribution in [0.1, 0.15) is 16.1 Å². The molecule has 0 unspecified atom stereocenters. The zero-order chi connectivity index (χ0) is 16.5. The third-order valence-corrected chi connectivity index (χ3v) is 3.65. The molecule has 0 bridgehead atoms. The Labute approximate surface area is 137 Å². The molecule has 3 aromatic rings. The summed E-state index contributed by atoms with van der Waals surface area (Å²) in [5.74, 6) is 0.932. The monoisotopic (exact) mass is 322 g/mol. The molecule has 7 nitrogen and oxygen atoms in total. The predicted octanol–water partition coefficient (Wildman–Crippen LogP) is 2.56. The molecular formula is C17H14N4O3. The van der Waals surface area contributed by atoms with Crippen LogP contribution in [0.2, 0.25) is 0 Å². The fraction of sp³-hybridized carbons (Fsp3) is 0.118. The fourth-order valence-electron chi connectivity index (χ4n) is 2.36. The van der Waals surface area contributed by atoms with Crippen molar-refractivity contribution in [1.29, 1.82) is 0 Å². The summed E-state index contributed by atoms with van der Waals surface area (Å²) in [6.45, 7) is 2.20. The van der Waals surface area contributed by atoms with Gasteiger partial charge >= 0.3 is 0 Å². The van der Waals surface area contributed by atoms with Gasteiger partial charge in [-0.15, -0.1) is 5.10 Å². The maximum atomic E-state index is 12.3. The van der Waals surface area contributed by atoms with Crippen LogP contribution in [0, 0.1) is 6.92 Å². The Morgan fingerprint density at radius 2 is 1.92 bits per heavy atom. The number of anilines is 1. The molecule has 120 valence electrons. The number of fused-ring (bicyclic) bond motifs is 1. The van der Waals surface area contributed by atoms with Gasteiger partial charge in [-0.25, -0.2) is 4.68 Å². The molecule has 0 spiro atoms. The lowest BCUT2D eigenvalue weighted by Crippen LogP contribution is -2.12. The Kier molecular flexibility index (Phi) is 3.38. The molecule has 0 fully saturated rings. The molecule has 0 saturated heterocycles. The van der Waals surface area contributed by atoms with Crippen molar-refractivity contribution in [3.05, 3.63) is 59.9 Å². The summed E-state index contributed by atoms with van der Waals surface area (Å²) in [7, 11) is 0. The van der Waals surface area contributed by atoms with E-state index in [1.54, 1.807) is 29.1 Å². The molecular weight excluding hydrogens is 308 g/mol. The Balaban J connectivity index is 1.52. The molecule has 0 atom stereocenters. The minimum atomic E-state index is -0.341. The van der Waals surface area contributed by atoms with Crippen LogP contribution >= 0.6 is 0 Å². The van der Waals surface area contributed by atoms with Gasteiger partial charge in [0.2, 0.25) is 6.79 Å². The average molecular weight is 322 g/mol. The standard InChI is InChI=1S/C17H14N4O3/c1-11-2-5-13(6-3-11)21-9-14(19-20-21)17(22)18-12-4-7-15-16(8-12)24-10-23-15/h2-9H,10H2,1H3,(H,18,22).